The zero-order chi connectivity index (χ0) is 19.7. The van der Waals surface area contributed by atoms with E-state index in [1.807, 2.05) is 56.3 Å². The van der Waals surface area contributed by atoms with Crippen LogP contribution in [0.5, 0.6) is 5.75 Å². The summed E-state index contributed by atoms with van der Waals surface area (Å²) in [5.41, 5.74) is 5.23. The highest BCUT2D eigenvalue weighted by Crippen LogP contribution is 2.28. The summed E-state index contributed by atoms with van der Waals surface area (Å²) in [6.07, 6.45) is 0. The summed E-state index contributed by atoms with van der Waals surface area (Å²) < 4.78 is 9.31. The number of fused-ring (bicyclic) bond motifs is 1. The second-order valence-corrected chi connectivity index (χ2v) is 8.10. The first-order chi connectivity index (χ1) is 13.5. The molecule has 0 bridgehead atoms. The fraction of sp³-hybridized carbons (Fsp3) is 0.174. The molecule has 0 atom stereocenters. The van der Waals surface area contributed by atoms with Crippen LogP contribution in [0.3, 0.4) is 0 Å². The third kappa shape index (κ3) is 3.80. The molecule has 0 radical (unpaired) electrons. The van der Waals surface area contributed by atoms with Crippen molar-refractivity contribution in [1.29, 1.82) is 0 Å². The standard InChI is InChI=1S/C23H20BrClN2O/c1-15-13-19(14-16(2)22(15)25)28-12-11-27-21-6-4-3-5-20(21)26-23(27)17-7-9-18(24)10-8-17/h3-10,13-14H,11-12H2,1-2H3. The van der Waals surface area contributed by atoms with Gasteiger partial charge in [0.05, 0.1) is 17.6 Å². The van der Waals surface area contributed by atoms with E-state index in [0.717, 1.165) is 48.8 Å². The zero-order valence-corrected chi connectivity index (χ0v) is 18.1. The molecule has 4 rings (SSSR count). The summed E-state index contributed by atoms with van der Waals surface area (Å²) in [5.74, 6) is 1.79. The molecule has 0 saturated carbocycles. The Balaban J connectivity index is 1.62. The van der Waals surface area contributed by atoms with Gasteiger partial charge in [0.25, 0.3) is 0 Å². The smallest absolute Gasteiger partial charge is 0.141 e. The predicted molar refractivity (Wildman–Crippen MR) is 119 cm³/mol. The van der Waals surface area contributed by atoms with Crippen LogP contribution in [0.1, 0.15) is 11.1 Å². The molecule has 3 nitrogen and oxygen atoms in total. The van der Waals surface area contributed by atoms with Crippen LogP contribution in [0, 0.1) is 13.8 Å². The molecule has 1 heterocycles. The molecule has 0 fully saturated rings. The summed E-state index contributed by atoms with van der Waals surface area (Å²) in [5, 5.41) is 0.797. The van der Waals surface area contributed by atoms with Gasteiger partial charge in [-0.3, -0.25) is 0 Å². The first-order valence-corrected chi connectivity index (χ1v) is 10.3. The Bertz CT molecular complexity index is 1110. The SMILES string of the molecule is Cc1cc(OCCn2c(-c3ccc(Br)cc3)nc3ccccc32)cc(C)c1Cl. The normalized spacial score (nSPS) is 11.1. The van der Waals surface area contributed by atoms with E-state index >= 15 is 0 Å². The number of imidazole rings is 1. The average molecular weight is 456 g/mol. The minimum Gasteiger partial charge on any atom is -0.492 e. The molecule has 28 heavy (non-hydrogen) atoms. The lowest BCUT2D eigenvalue weighted by Gasteiger charge is -2.13. The van der Waals surface area contributed by atoms with E-state index in [2.05, 4.69) is 38.7 Å². The Morgan fingerprint density at radius 2 is 1.68 bits per heavy atom. The molecule has 3 aromatic carbocycles. The van der Waals surface area contributed by atoms with Crippen LogP contribution < -0.4 is 4.74 Å². The quantitative estimate of drug-likeness (QED) is 0.330. The Morgan fingerprint density at radius 1 is 1.00 bits per heavy atom. The lowest BCUT2D eigenvalue weighted by Crippen LogP contribution is -2.09. The Morgan fingerprint density at radius 3 is 2.39 bits per heavy atom. The van der Waals surface area contributed by atoms with E-state index in [1.54, 1.807) is 0 Å². The van der Waals surface area contributed by atoms with Gasteiger partial charge >= 0.3 is 0 Å². The van der Waals surface area contributed by atoms with Gasteiger partial charge in [0, 0.05) is 15.1 Å². The maximum Gasteiger partial charge on any atom is 0.141 e. The van der Waals surface area contributed by atoms with Crippen molar-refractivity contribution >= 4 is 38.6 Å². The van der Waals surface area contributed by atoms with Gasteiger partial charge in [0.15, 0.2) is 0 Å². The van der Waals surface area contributed by atoms with Crippen molar-refractivity contribution in [2.75, 3.05) is 6.61 Å². The highest BCUT2D eigenvalue weighted by Gasteiger charge is 2.12. The van der Waals surface area contributed by atoms with Crippen molar-refractivity contribution in [3.63, 3.8) is 0 Å². The zero-order valence-electron chi connectivity index (χ0n) is 15.7. The number of aryl methyl sites for hydroxylation is 2. The molecule has 0 amide bonds. The van der Waals surface area contributed by atoms with E-state index in [4.69, 9.17) is 21.3 Å². The number of para-hydroxylation sites is 2. The van der Waals surface area contributed by atoms with E-state index in [0.29, 0.717) is 13.2 Å². The summed E-state index contributed by atoms with van der Waals surface area (Å²) in [6.45, 7) is 5.24. The molecule has 0 N–H and O–H groups in total. The van der Waals surface area contributed by atoms with E-state index in [9.17, 15) is 0 Å². The molecule has 0 spiro atoms. The van der Waals surface area contributed by atoms with E-state index < -0.39 is 0 Å². The maximum absolute atomic E-state index is 6.26. The van der Waals surface area contributed by atoms with Crippen LogP contribution in [-0.4, -0.2) is 16.2 Å². The number of benzene rings is 3. The van der Waals surface area contributed by atoms with E-state index in [-0.39, 0.29) is 0 Å². The number of hydrogen-bond acceptors (Lipinski definition) is 2. The molecule has 0 aliphatic carbocycles. The van der Waals surface area contributed by atoms with Crippen molar-refractivity contribution in [3.05, 3.63) is 81.3 Å². The van der Waals surface area contributed by atoms with Crippen LogP contribution >= 0.6 is 27.5 Å². The number of hydrogen-bond donors (Lipinski definition) is 0. The first-order valence-electron chi connectivity index (χ1n) is 9.13. The Kier molecular flexibility index (Phi) is 5.42. The van der Waals surface area contributed by atoms with Gasteiger partial charge in [-0.2, -0.15) is 0 Å². The minimum atomic E-state index is 0.546. The number of halogens is 2. The predicted octanol–water partition coefficient (Wildman–Crippen LogP) is 6.82. The summed E-state index contributed by atoms with van der Waals surface area (Å²) in [7, 11) is 0. The molecule has 0 unspecified atom stereocenters. The highest BCUT2D eigenvalue weighted by molar-refractivity contribution is 9.10. The molecule has 5 heteroatoms. The fourth-order valence-corrected chi connectivity index (χ4v) is 3.74. The van der Waals surface area contributed by atoms with Crippen LogP contribution in [0.2, 0.25) is 5.02 Å². The molecule has 142 valence electrons. The molecular weight excluding hydrogens is 436 g/mol. The number of nitrogens with zero attached hydrogens (tertiary/aromatic N) is 2. The molecule has 0 saturated heterocycles. The number of aromatic nitrogens is 2. The van der Waals surface area contributed by atoms with Gasteiger partial charge in [-0.15, -0.1) is 0 Å². The monoisotopic (exact) mass is 454 g/mol. The summed E-state index contributed by atoms with van der Waals surface area (Å²) in [6, 6.07) is 20.4. The van der Waals surface area contributed by atoms with Crippen LogP contribution in [-0.2, 0) is 6.54 Å². The molecule has 1 aromatic heterocycles. The third-order valence-corrected chi connectivity index (χ3v) is 5.88. The summed E-state index contributed by atoms with van der Waals surface area (Å²) >= 11 is 9.76. The van der Waals surface area contributed by atoms with Gasteiger partial charge in [0.2, 0.25) is 0 Å². The van der Waals surface area contributed by atoms with Crippen molar-refractivity contribution in [2.45, 2.75) is 20.4 Å². The van der Waals surface area contributed by atoms with Crippen molar-refractivity contribution in [1.82, 2.24) is 9.55 Å². The molecular formula is C23H20BrClN2O. The molecule has 0 aliphatic rings. The van der Waals surface area contributed by atoms with Gasteiger partial charge in [-0.25, -0.2) is 4.98 Å². The Hall–Kier alpha value is -2.30. The average Bonchev–Trinajstić information content (AvgIpc) is 3.05. The molecule has 4 aromatic rings. The largest absolute Gasteiger partial charge is 0.492 e. The molecule has 0 aliphatic heterocycles. The highest BCUT2D eigenvalue weighted by atomic mass is 79.9. The maximum atomic E-state index is 6.26. The topological polar surface area (TPSA) is 27.1 Å². The fourth-order valence-electron chi connectivity index (χ4n) is 3.37. The van der Waals surface area contributed by atoms with Crippen molar-refractivity contribution < 1.29 is 4.74 Å². The van der Waals surface area contributed by atoms with Gasteiger partial charge < -0.3 is 9.30 Å². The van der Waals surface area contributed by atoms with Gasteiger partial charge in [-0.1, -0.05) is 51.8 Å². The van der Waals surface area contributed by atoms with Crippen LogP contribution in [0.4, 0.5) is 0 Å². The van der Waals surface area contributed by atoms with E-state index in [1.165, 1.54) is 0 Å². The number of rotatable bonds is 5. The van der Waals surface area contributed by atoms with Gasteiger partial charge in [0.1, 0.15) is 18.2 Å². The number of ether oxygens (including phenoxy) is 1. The minimum absolute atomic E-state index is 0.546. The van der Waals surface area contributed by atoms with Gasteiger partial charge in [-0.05, 0) is 61.4 Å². The summed E-state index contributed by atoms with van der Waals surface area (Å²) in [4.78, 5) is 4.85. The third-order valence-electron chi connectivity index (χ3n) is 4.75. The van der Waals surface area contributed by atoms with Crippen molar-refractivity contribution in [2.24, 2.45) is 0 Å². The first kappa shape index (κ1) is 19.0. The second kappa shape index (κ2) is 7.98. The lowest BCUT2D eigenvalue weighted by atomic mass is 10.1. The second-order valence-electron chi connectivity index (χ2n) is 6.80. The van der Waals surface area contributed by atoms with Crippen molar-refractivity contribution in [3.8, 4) is 17.1 Å². The van der Waals surface area contributed by atoms with Crippen LogP contribution in [0.25, 0.3) is 22.4 Å². The Labute approximate surface area is 178 Å². The lowest BCUT2D eigenvalue weighted by molar-refractivity contribution is 0.300. The van der Waals surface area contributed by atoms with Crippen LogP contribution in [0.15, 0.2) is 65.1 Å².